The summed E-state index contributed by atoms with van der Waals surface area (Å²) >= 11 is 0. The third kappa shape index (κ3) is 2.04. The highest BCUT2D eigenvalue weighted by molar-refractivity contribution is 7.89. The summed E-state index contributed by atoms with van der Waals surface area (Å²) in [5.74, 6) is 0.150. The fourth-order valence-corrected chi connectivity index (χ4v) is 2.93. The van der Waals surface area contributed by atoms with Gasteiger partial charge >= 0.3 is 0 Å². The lowest BCUT2D eigenvalue weighted by molar-refractivity contribution is 0.475. The topological polar surface area (TPSA) is 85.3 Å². The number of phenolic OH excluding ortho intramolecular Hbond substituents is 1. The van der Waals surface area contributed by atoms with Crippen LogP contribution in [0.2, 0.25) is 0 Å². The van der Waals surface area contributed by atoms with Crippen molar-refractivity contribution in [1.82, 2.24) is 4.57 Å². The van der Waals surface area contributed by atoms with E-state index in [9.17, 15) is 13.5 Å². The quantitative estimate of drug-likeness (QED) is 0.756. The SMILES string of the molecule is NS(=O)(=O)c1cn(-c2ccc(O)cc2)c2ccccc12. The Morgan fingerprint density at radius 2 is 1.65 bits per heavy atom. The first-order valence-corrected chi connectivity index (χ1v) is 7.44. The van der Waals surface area contributed by atoms with Gasteiger partial charge in [-0.1, -0.05) is 18.2 Å². The second-order valence-electron chi connectivity index (χ2n) is 4.44. The summed E-state index contributed by atoms with van der Waals surface area (Å²) in [4.78, 5) is 0.0844. The predicted molar refractivity (Wildman–Crippen MR) is 76.3 cm³/mol. The van der Waals surface area contributed by atoms with Crippen LogP contribution < -0.4 is 5.14 Å². The van der Waals surface area contributed by atoms with Crippen LogP contribution in [0.15, 0.2) is 59.6 Å². The van der Waals surface area contributed by atoms with Crippen LogP contribution in [0, 0.1) is 0 Å². The molecule has 0 amide bonds. The molecule has 0 saturated heterocycles. The van der Waals surface area contributed by atoms with Crippen molar-refractivity contribution in [1.29, 1.82) is 0 Å². The van der Waals surface area contributed by atoms with Crippen LogP contribution in [0.25, 0.3) is 16.6 Å². The van der Waals surface area contributed by atoms with Gasteiger partial charge in [0.15, 0.2) is 0 Å². The van der Waals surface area contributed by atoms with E-state index in [0.29, 0.717) is 5.39 Å². The van der Waals surface area contributed by atoms with Crippen molar-refractivity contribution < 1.29 is 13.5 Å². The van der Waals surface area contributed by atoms with E-state index >= 15 is 0 Å². The minimum absolute atomic E-state index is 0.0844. The number of rotatable bonds is 2. The molecular weight excluding hydrogens is 276 g/mol. The lowest BCUT2D eigenvalue weighted by Gasteiger charge is -2.04. The third-order valence-electron chi connectivity index (χ3n) is 3.11. The van der Waals surface area contributed by atoms with Gasteiger partial charge in [0, 0.05) is 17.3 Å². The number of primary sulfonamides is 1. The molecule has 1 aromatic heterocycles. The number of fused-ring (bicyclic) bond motifs is 1. The van der Waals surface area contributed by atoms with Crippen LogP contribution in [0.1, 0.15) is 0 Å². The summed E-state index contributed by atoms with van der Waals surface area (Å²) < 4.78 is 25.1. The van der Waals surface area contributed by atoms with Gasteiger partial charge in [0.05, 0.1) is 5.52 Å². The first kappa shape index (κ1) is 12.7. The number of benzene rings is 2. The zero-order valence-corrected chi connectivity index (χ0v) is 11.2. The van der Waals surface area contributed by atoms with Crippen molar-refractivity contribution >= 4 is 20.9 Å². The molecule has 0 aliphatic carbocycles. The largest absolute Gasteiger partial charge is 0.508 e. The fourth-order valence-electron chi connectivity index (χ4n) is 2.20. The molecule has 5 nitrogen and oxygen atoms in total. The normalized spacial score (nSPS) is 11.8. The minimum Gasteiger partial charge on any atom is -0.508 e. The zero-order chi connectivity index (χ0) is 14.3. The van der Waals surface area contributed by atoms with E-state index in [1.165, 1.54) is 6.20 Å². The Morgan fingerprint density at radius 3 is 2.30 bits per heavy atom. The Morgan fingerprint density at radius 1 is 1.00 bits per heavy atom. The molecule has 2 aromatic carbocycles. The van der Waals surface area contributed by atoms with E-state index in [0.717, 1.165) is 11.2 Å². The number of aromatic nitrogens is 1. The molecule has 0 atom stereocenters. The Labute approximate surface area is 115 Å². The Kier molecular flexibility index (Phi) is 2.77. The zero-order valence-electron chi connectivity index (χ0n) is 10.4. The van der Waals surface area contributed by atoms with Gasteiger partial charge in [-0.3, -0.25) is 0 Å². The molecule has 0 spiro atoms. The molecule has 1 heterocycles. The van der Waals surface area contributed by atoms with E-state index in [2.05, 4.69) is 0 Å². The highest BCUT2D eigenvalue weighted by Gasteiger charge is 2.17. The molecule has 0 saturated carbocycles. The molecule has 0 radical (unpaired) electrons. The van der Waals surface area contributed by atoms with Crippen LogP contribution in [0.4, 0.5) is 0 Å². The van der Waals surface area contributed by atoms with Gasteiger partial charge in [-0.2, -0.15) is 0 Å². The molecule has 0 aliphatic heterocycles. The lowest BCUT2D eigenvalue weighted by atomic mass is 10.2. The molecule has 102 valence electrons. The molecule has 0 unspecified atom stereocenters. The summed E-state index contributed by atoms with van der Waals surface area (Å²) in [6.07, 6.45) is 1.49. The smallest absolute Gasteiger partial charge is 0.240 e. The number of para-hydroxylation sites is 1. The van der Waals surface area contributed by atoms with Gasteiger partial charge < -0.3 is 9.67 Å². The van der Waals surface area contributed by atoms with E-state index in [1.54, 1.807) is 41.0 Å². The monoisotopic (exact) mass is 288 g/mol. The fraction of sp³-hybridized carbons (Fsp3) is 0. The van der Waals surface area contributed by atoms with Crippen LogP contribution in [-0.4, -0.2) is 18.1 Å². The Hall–Kier alpha value is -2.31. The first-order valence-electron chi connectivity index (χ1n) is 5.89. The van der Waals surface area contributed by atoms with Crippen molar-refractivity contribution in [2.24, 2.45) is 5.14 Å². The van der Waals surface area contributed by atoms with E-state index in [4.69, 9.17) is 5.14 Å². The molecular formula is C14H12N2O3S. The van der Waals surface area contributed by atoms with Crippen LogP contribution >= 0.6 is 0 Å². The minimum atomic E-state index is -3.79. The number of nitrogens with two attached hydrogens (primary N) is 1. The standard InChI is InChI=1S/C14H12N2O3S/c15-20(18,19)14-9-16(10-5-7-11(17)8-6-10)13-4-2-1-3-12(13)14/h1-9,17H,(H2,15,18,19). The van der Waals surface area contributed by atoms with Crippen LogP contribution in [-0.2, 0) is 10.0 Å². The number of hydrogen-bond acceptors (Lipinski definition) is 3. The van der Waals surface area contributed by atoms with Crippen LogP contribution in [0.3, 0.4) is 0 Å². The molecule has 3 N–H and O–H groups in total. The second kappa shape index (κ2) is 4.36. The van der Waals surface area contributed by atoms with E-state index in [1.807, 2.05) is 12.1 Å². The Balaban J connectivity index is 2.35. The number of nitrogens with zero attached hydrogens (tertiary/aromatic N) is 1. The lowest BCUT2D eigenvalue weighted by Crippen LogP contribution is -2.11. The Bertz CT molecular complexity index is 880. The summed E-state index contributed by atoms with van der Waals surface area (Å²) in [5, 5.41) is 15.2. The van der Waals surface area contributed by atoms with Crippen molar-refractivity contribution in [3.63, 3.8) is 0 Å². The number of aromatic hydroxyl groups is 1. The van der Waals surface area contributed by atoms with Gasteiger partial charge in [0.2, 0.25) is 10.0 Å². The van der Waals surface area contributed by atoms with E-state index in [-0.39, 0.29) is 10.6 Å². The van der Waals surface area contributed by atoms with Gasteiger partial charge in [-0.15, -0.1) is 0 Å². The van der Waals surface area contributed by atoms with Gasteiger partial charge in [0.25, 0.3) is 0 Å². The summed E-state index contributed by atoms with van der Waals surface area (Å²) in [7, 11) is -3.79. The average molecular weight is 288 g/mol. The molecule has 0 fully saturated rings. The molecule has 3 aromatic rings. The van der Waals surface area contributed by atoms with Gasteiger partial charge in [0.1, 0.15) is 10.6 Å². The van der Waals surface area contributed by atoms with Crippen molar-refractivity contribution in [2.45, 2.75) is 4.90 Å². The number of sulfonamides is 1. The molecule has 0 aliphatic rings. The highest BCUT2D eigenvalue weighted by atomic mass is 32.2. The summed E-state index contributed by atoms with van der Waals surface area (Å²) in [6.45, 7) is 0. The first-order chi connectivity index (χ1) is 9.47. The van der Waals surface area contributed by atoms with Gasteiger partial charge in [-0.25, -0.2) is 13.6 Å². The van der Waals surface area contributed by atoms with Crippen molar-refractivity contribution in [3.05, 3.63) is 54.7 Å². The van der Waals surface area contributed by atoms with Crippen molar-refractivity contribution in [2.75, 3.05) is 0 Å². The number of hydrogen-bond donors (Lipinski definition) is 2. The molecule has 20 heavy (non-hydrogen) atoms. The maximum Gasteiger partial charge on any atom is 0.240 e. The molecule has 6 heteroatoms. The molecule has 3 rings (SSSR count). The second-order valence-corrected chi connectivity index (χ2v) is 5.97. The highest BCUT2D eigenvalue weighted by Crippen LogP contribution is 2.27. The van der Waals surface area contributed by atoms with Crippen LogP contribution in [0.5, 0.6) is 5.75 Å². The maximum atomic E-state index is 11.7. The number of phenols is 1. The third-order valence-corrected chi connectivity index (χ3v) is 4.05. The molecule has 0 bridgehead atoms. The van der Waals surface area contributed by atoms with Crippen molar-refractivity contribution in [3.8, 4) is 11.4 Å². The van der Waals surface area contributed by atoms with Gasteiger partial charge in [-0.05, 0) is 30.3 Å². The summed E-state index contributed by atoms with van der Waals surface area (Å²) in [6, 6.07) is 13.6. The van der Waals surface area contributed by atoms with E-state index < -0.39 is 10.0 Å². The summed E-state index contributed by atoms with van der Waals surface area (Å²) in [5.41, 5.74) is 1.48. The predicted octanol–water partition coefficient (Wildman–Crippen LogP) is 1.98. The maximum absolute atomic E-state index is 11.7. The average Bonchev–Trinajstić information content (AvgIpc) is 2.79.